The van der Waals surface area contributed by atoms with E-state index in [1.807, 2.05) is 42.5 Å². The molecule has 0 fully saturated rings. The molecular weight excluding hydrogens is 384 g/mol. The molecule has 0 atom stereocenters. The summed E-state index contributed by atoms with van der Waals surface area (Å²) >= 11 is 7.21. The quantitative estimate of drug-likeness (QED) is 0.622. The SMILES string of the molecule is COc1cc(OCc2cnc(Cl)s2)ccc1/C=C1\C(=O)Nc2ccccc21. The third-order valence-corrected chi connectivity index (χ3v) is 5.21. The van der Waals surface area contributed by atoms with E-state index in [0.29, 0.717) is 28.1 Å². The van der Waals surface area contributed by atoms with E-state index in [9.17, 15) is 4.79 Å². The number of hydrogen-bond donors (Lipinski definition) is 1. The first kappa shape index (κ1) is 17.6. The first-order valence-corrected chi connectivity index (χ1v) is 9.37. The number of hydrogen-bond acceptors (Lipinski definition) is 5. The Labute approximate surface area is 165 Å². The van der Waals surface area contributed by atoms with Crippen molar-refractivity contribution in [1.29, 1.82) is 0 Å². The van der Waals surface area contributed by atoms with E-state index in [1.165, 1.54) is 11.3 Å². The number of halogens is 1. The van der Waals surface area contributed by atoms with E-state index >= 15 is 0 Å². The smallest absolute Gasteiger partial charge is 0.256 e. The van der Waals surface area contributed by atoms with Crippen LogP contribution in [0.25, 0.3) is 11.6 Å². The summed E-state index contributed by atoms with van der Waals surface area (Å²) in [7, 11) is 1.59. The van der Waals surface area contributed by atoms with Crippen LogP contribution in [0.2, 0.25) is 4.47 Å². The van der Waals surface area contributed by atoms with Crippen LogP contribution in [0.3, 0.4) is 0 Å². The van der Waals surface area contributed by atoms with Crippen molar-refractivity contribution >= 4 is 46.2 Å². The maximum atomic E-state index is 12.3. The molecule has 0 saturated carbocycles. The number of carbonyl (C=O) groups is 1. The maximum Gasteiger partial charge on any atom is 0.256 e. The number of rotatable bonds is 5. The lowest BCUT2D eigenvalue weighted by Crippen LogP contribution is -2.03. The maximum absolute atomic E-state index is 12.3. The molecule has 2 aromatic carbocycles. The molecule has 1 aliphatic heterocycles. The number of benzene rings is 2. The molecule has 0 unspecified atom stereocenters. The third kappa shape index (κ3) is 3.67. The van der Waals surface area contributed by atoms with Gasteiger partial charge in [0.15, 0.2) is 4.47 Å². The van der Waals surface area contributed by atoms with Crippen LogP contribution in [0, 0.1) is 0 Å². The minimum Gasteiger partial charge on any atom is -0.496 e. The van der Waals surface area contributed by atoms with Crippen molar-refractivity contribution in [2.45, 2.75) is 6.61 Å². The van der Waals surface area contributed by atoms with Crippen molar-refractivity contribution in [1.82, 2.24) is 4.98 Å². The molecule has 0 bridgehead atoms. The highest BCUT2D eigenvalue weighted by atomic mass is 35.5. The van der Waals surface area contributed by atoms with Gasteiger partial charge in [0.2, 0.25) is 0 Å². The summed E-state index contributed by atoms with van der Waals surface area (Å²) in [5, 5.41) is 2.87. The Hall–Kier alpha value is -2.83. The zero-order valence-electron chi connectivity index (χ0n) is 14.4. The topological polar surface area (TPSA) is 60.5 Å². The molecule has 5 nitrogen and oxygen atoms in total. The zero-order valence-corrected chi connectivity index (χ0v) is 15.9. The molecule has 1 aromatic heterocycles. The first-order chi connectivity index (χ1) is 13.1. The minimum absolute atomic E-state index is 0.124. The fourth-order valence-corrected chi connectivity index (χ4v) is 3.73. The van der Waals surface area contributed by atoms with Gasteiger partial charge in [0.1, 0.15) is 18.1 Å². The monoisotopic (exact) mass is 398 g/mol. The molecule has 0 spiro atoms. The lowest BCUT2D eigenvalue weighted by atomic mass is 10.0. The second kappa shape index (κ2) is 7.42. The second-order valence-corrected chi connectivity index (χ2v) is 7.53. The zero-order chi connectivity index (χ0) is 18.8. The highest BCUT2D eigenvalue weighted by Crippen LogP contribution is 2.35. The van der Waals surface area contributed by atoms with Crippen LogP contribution in [-0.2, 0) is 11.4 Å². The minimum atomic E-state index is -0.124. The number of anilines is 1. The van der Waals surface area contributed by atoms with Crippen LogP contribution in [0.4, 0.5) is 5.69 Å². The van der Waals surface area contributed by atoms with Crippen LogP contribution >= 0.6 is 22.9 Å². The molecule has 1 aliphatic rings. The fraction of sp³-hybridized carbons (Fsp3) is 0.100. The van der Waals surface area contributed by atoms with Crippen LogP contribution in [-0.4, -0.2) is 18.0 Å². The molecule has 7 heteroatoms. The van der Waals surface area contributed by atoms with E-state index in [4.69, 9.17) is 21.1 Å². The van der Waals surface area contributed by atoms with Gasteiger partial charge in [-0.1, -0.05) is 29.8 Å². The lowest BCUT2D eigenvalue weighted by Gasteiger charge is -2.10. The van der Waals surface area contributed by atoms with Crippen LogP contribution < -0.4 is 14.8 Å². The Morgan fingerprint density at radius 2 is 2.11 bits per heavy atom. The van der Waals surface area contributed by atoms with Gasteiger partial charge in [0.05, 0.1) is 12.0 Å². The van der Waals surface area contributed by atoms with E-state index in [0.717, 1.165) is 21.7 Å². The van der Waals surface area contributed by atoms with Gasteiger partial charge < -0.3 is 14.8 Å². The molecule has 4 rings (SSSR count). The number of carbonyl (C=O) groups excluding carboxylic acids is 1. The van der Waals surface area contributed by atoms with Gasteiger partial charge in [-0.05, 0) is 24.3 Å². The fourth-order valence-electron chi connectivity index (χ4n) is 2.84. The number of aromatic nitrogens is 1. The highest BCUT2D eigenvalue weighted by molar-refractivity contribution is 7.15. The molecule has 1 N–H and O–H groups in total. The lowest BCUT2D eigenvalue weighted by molar-refractivity contribution is -0.110. The van der Waals surface area contributed by atoms with E-state index < -0.39 is 0 Å². The molecule has 27 heavy (non-hydrogen) atoms. The second-order valence-electron chi connectivity index (χ2n) is 5.83. The van der Waals surface area contributed by atoms with E-state index in [-0.39, 0.29) is 5.91 Å². The summed E-state index contributed by atoms with van der Waals surface area (Å²) in [5.41, 5.74) is 3.10. The molecule has 3 aromatic rings. The van der Waals surface area contributed by atoms with Gasteiger partial charge in [-0.15, -0.1) is 11.3 Å². The van der Waals surface area contributed by atoms with Crippen LogP contribution in [0.5, 0.6) is 11.5 Å². The number of fused-ring (bicyclic) bond motifs is 1. The molecular formula is C20H15ClN2O3S. The van der Waals surface area contributed by atoms with Crippen molar-refractivity contribution in [3.8, 4) is 11.5 Å². The molecule has 0 aliphatic carbocycles. The molecule has 1 amide bonds. The molecule has 136 valence electrons. The first-order valence-electron chi connectivity index (χ1n) is 8.17. The number of amides is 1. The molecule has 0 radical (unpaired) electrons. The molecule has 2 heterocycles. The Morgan fingerprint density at radius 3 is 2.89 bits per heavy atom. The summed E-state index contributed by atoms with van der Waals surface area (Å²) in [4.78, 5) is 17.2. The van der Waals surface area contributed by atoms with Gasteiger partial charge in [-0.25, -0.2) is 4.98 Å². The predicted molar refractivity (Wildman–Crippen MR) is 107 cm³/mol. The van der Waals surface area contributed by atoms with Gasteiger partial charge in [0.25, 0.3) is 5.91 Å². The average Bonchev–Trinajstić information content (AvgIpc) is 3.24. The van der Waals surface area contributed by atoms with Gasteiger partial charge in [0, 0.05) is 34.7 Å². The highest BCUT2D eigenvalue weighted by Gasteiger charge is 2.23. The van der Waals surface area contributed by atoms with Gasteiger partial charge >= 0.3 is 0 Å². The van der Waals surface area contributed by atoms with Crippen LogP contribution in [0.1, 0.15) is 16.0 Å². The Kier molecular flexibility index (Phi) is 4.83. The van der Waals surface area contributed by atoms with Crippen molar-refractivity contribution in [2.75, 3.05) is 12.4 Å². The number of nitrogens with zero attached hydrogens (tertiary/aromatic N) is 1. The van der Waals surface area contributed by atoms with Crippen molar-refractivity contribution in [3.63, 3.8) is 0 Å². The largest absolute Gasteiger partial charge is 0.496 e. The molecule has 0 saturated heterocycles. The third-order valence-electron chi connectivity index (χ3n) is 4.12. The average molecular weight is 399 g/mol. The van der Waals surface area contributed by atoms with E-state index in [2.05, 4.69) is 10.3 Å². The Balaban J connectivity index is 1.59. The van der Waals surface area contributed by atoms with Gasteiger partial charge in [-0.2, -0.15) is 0 Å². The summed E-state index contributed by atoms with van der Waals surface area (Å²) in [6.07, 6.45) is 3.52. The summed E-state index contributed by atoms with van der Waals surface area (Å²) in [6.45, 7) is 0.379. The standard InChI is InChI=1S/C20H15ClN2O3S/c1-25-18-9-13(26-11-14-10-22-20(21)27-14)7-6-12(18)8-16-15-4-2-3-5-17(15)23-19(16)24/h2-10H,11H2,1H3,(H,23,24)/b16-8-. The van der Waals surface area contributed by atoms with Gasteiger partial charge in [-0.3, -0.25) is 4.79 Å². The van der Waals surface area contributed by atoms with E-state index in [1.54, 1.807) is 19.4 Å². The Morgan fingerprint density at radius 1 is 1.26 bits per heavy atom. The van der Waals surface area contributed by atoms with Crippen molar-refractivity contribution < 1.29 is 14.3 Å². The number of thiazole rings is 1. The van der Waals surface area contributed by atoms with Crippen LogP contribution in [0.15, 0.2) is 48.7 Å². The number of nitrogens with one attached hydrogen (secondary N) is 1. The number of ether oxygens (including phenoxy) is 2. The number of methoxy groups -OCH3 is 1. The normalized spacial score (nSPS) is 14.1. The predicted octanol–water partition coefficient (Wildman–Crippen LogP) is 4.88. The van der Waals surface area contributed by atoms with Crippen molar-refractivity contribution in [3.05, 3.63) is 69.1 Å². The van der Waals surface area contributed by atoms with Crippen molar-refractivity contribution in [2.24, 2.45) is 0 Å². The summed E-state index contributed by atoms with van der Waals surface area (Å²) < 4.78 is 11.8. The summed E-state index contributed by atoms with van der Waals surface area (Å²) in [6, 6.07) is 13.1. The number of para-hydroxylation sites is 1. The summed E-state index contributed by atoms with van der Waals surface area (Å²) in [5.74, 6) is 1.16. The Bertz CT molecular complexity index is 1050.